The maximum absolute atomic E-state index is 13.8. The van der Waals surface area contributed by atoms with E-state index in [0.29, 0.717) is 25.0 Å². The number of benzene rings is 1. The van der Waals surface area contributed by atoms with Gasteiger partial charge < -0.3 is 4.90 Å². The van der Waals surface area contributed by atoms with E-state index in [0.717, 1.165) is 16.4 Å². The Kier molecular flexibility index (Phi) is 4.22. The van der Waals surface area contributed by atoms with Gasteiger partial charge in [0.25, 0.3) is 0 Å². The van der Waals surface area contributed by atoms with Crippen molar-refractivity contribution in [3.63, 3.8) is 0 Å². The smallest absolute Gasteiger partial charge is 0.246 e. The summed E-state index contributed by atoms with van der Waals surface area (Å²) in [5.74, 6) is -1.09. The average Bonchev–Trinajstić information content (AvgIpc) is 2.58. The summed E-state index contributed by atoms with van der Waals surface area (Å²) in [7, 11) is -4.07. The lowest BCUT2D eigenvalue weighted by Crippen LogP contribution is -2.49. The molecular weight excluding hydrogens is 326 g/mol. The van der Waals surface area contributed by atoms with Crippen LogP contribution in [0.2, 0.25) is 0 Å². The monoisotopic (exact) mass is 340 g/mol. The van der Waals surface area contributed by atoms with Crippen LogP contribution in [0.25, 0.3) is 0 Å². The van der Waals surface area contributed by atoms with E-state index in [9.17, 15) is 17.2 Å². The van der Waals surface area contributed by atoms with E-state index in [4.69, 9.17) is 0 Å². The van der Waals surface area contributed by atoms with Crippen LogP contribution in [0.1, 0.15) is 0 Å². The van der Waals surface area contributed by atoms with Crippen LogP contribution in [0.5, 0.6) is 0 Å². The zero-order valence-electron chi connectivity index (χ0n) is 12.1. The summed E-state index contributed by atoms with van der Waals surface area (Å²) >= 11 is 0. The molecule has 0 aliphatic carbocycles. The van der Waals surface area contributed by atoms with Gasteiger partial charge in [0.05, 0.1) is 0 Å². The summed E-state index contributed by atoms with van der Waals surface area (Å²) in [6.07, 6.45) is 1.55. The number of hydrogen-bond acceptors (Lipinski definition) is 5. The van der Waals surface area contributed by atoms with E-state index in [1.54, 1.807) is 18.3 Å². The fraction of sp³-hybridized carbons (Fsp3) is 0.286. The molecule has 1 aromatic carbocycles. The fourth-order valence-electron chi connectivity index (χ4n) is 2.43. The zero-order valence-corrected chi connectivity index (χ0v) is 12.9. The summed E-state index contributed by atoms with van der Waals surface area (Å²) in [5.41, 5.74) is 0. The highest BCUT2D eigenvalue weighted by molar-refractivity contribution is 7.89. The summed E-state index contributed by atoms with van der Waals surface area (Å²) in [4.78, 5) is 1.26. The molecule has 9 heteroatoms. The minimum absolute atomic E-state index is 0.162. The summed E-state index contributed by atoms with van der Waals surface area (Å²) in [6.45, 7) is 1.12. The standard InChI is InChI=1S/C14H14F2N4O2S/c15-11-3-4-12(16)13(10-11)23(21,22)20-8-6-19(7-9-20)14-2-1-5-17-18-14/h1-5,10H,6-9H2. The molecule has 0 atom stereocenters. The third-order valence-electron chi connectivity index (χ3n) is 3.63. The Morgan fingerprint density at radius 2 is 1.78 bits per heavy atom. The van der Waals surface area contributed by atoms with Crippen molar-refractivity contribution in [2.24, 2.45) is 0 Å². The van der Waals surface area contributed by atoms with Gasteiger partial charge in [0, 0.05) is 32.4 Å². The summed E-state index contributed by atoms with van der Waals surface area (Å²) < 4.78 is 53.1. The van der Waals surface area contributed by atoms with Crippen LogP contribution >= 0.6 is 0 Å². The Balaban J connectivity index is 1.78. The van der Waals surface area contributed by atoms with E-state index in [2.05, 4.69) is 10.2 Å². The molecule has 0 saturated carbocycles. The minimum Gasteiger partial charge on any atom is -0.352 e. The lowest BCUT2D eigenvalue weighted by molar-refractivity contribution is 0.380. The molecule has 0 radical (unpaired) electrons. The van der Waals surface area contributed by atoms with Gasteiger partial charge in [-0.1, -0.05) is 0 Å². The molecule has 1 aliphatic rings. The highest BCUT2D eigenvalue weighted by Crippen LogP contribution is 2.22. The molecule has 2 heterocycles. The Bertz CT molecular complexity index is 794. The quantitative estimate of drug-likeness (QED) is 0.842. The van der Waals surface area contributed by atoms with E-state index in [1.165, 1.54) is 0 Å². The predicted molar refractivity (Wildman–Crippen MR) is 79.4 cm³/mol. The van der Waals surface area contributed by atoms with Gasteiger partial charge in [-0.15, -0.1) is 5.10 Å². The first-order valence-corrected chi connectivity index (χ1v) is 8.40. The maximum atomic E-state index is 13.8. The average molecular weight is 340 g/mol. The molecule has 1 aromatic heterocycles. The number of nitrogens with zero attached hydrogens (tertiary/aromatic N) is 4. The third kappa shape index (κ3) is 3.15. The normalized spacial score (nSPS) is 16.5. The minimum atomic E-state index is -4.07. The lowest BCUT2D eigenvalue weighted by atomic mass is 10.3. The van der Waals surface area contributed by atoms with E-state index in [-0.39, 0.29) is 13.1 Å². The van der Waals surface area contributed by atoms with Crippen LogP contribution in [0.4, 0.5) is 14.6 Å². The van der Waals surface area contributed by atoms with Crippen molar-refractivity contribution in [3.05, 3.63) is 48.2 Å². The molecule has 122 valence electrons. The van der Waals surface area contributed by atoms with Gasteiger partial charge in [0.15, 0.2) is 5.82 Å². The van der Waals surface area contributed by atoms with E-state index in [1.807, 2.05) is 4.90 Å². The second-order valence-electron chi connectivity index (χ2n) is 5.05. The number of aromatic nitrogens is 2. The molecule has 0 spiro atoms. The van der Waals surface area contributed by atoms with Gasteiger partial charge >= 0.3 is 0 Å². The maximum Gasteiger partial charge on any atom is 0.246 e. The molecule has 0 amide bonds. The molecule has 0 bridgehead atoms. The number of sulfonamides is 1. The molecule has 1 aliphatic heterocycles. The molecule has 1 saturated heterocycles. The Hall–Kier alpha value is -2.13. The lowest BCUT2D eigenvalue weighted by Gasteiger charge is -2.34. The molecule has 0 unspecified atom stereocenters. The number of piperazine rings is 1. The highest BCUT2D eigenvalue weighted by Gasteiger charge is 2.31. The van der Waals surface area contributed by atoms with Crippen molar-refractivity contribution in [2.75, 3.05) is 31.1 Å². The van der Waals surface area contributed by atoms with Crippen LogP contribution in [-0.4, -0.2) is 49.1 Å². The van der Waals surface area contributed by atoms with Crippen molar-refractivity contribution in [1.82, 2.24) is 14.5 Å². The van der Waals surface area contributed by atoms with Crippen LogP contribution < -0.4 is 4.90 Å². The topological polar surface area (TPSA) is 66.4 Å². The third-order valence-corrected chi connectivity index (χ3v) is 5.55. The van der Waals surface area contributed by atoms with Crippen LogP contribution in [0, 0.1) is 11.6 Å². The van der Waals surface area contributed by atoms with Gasteiger partial charge in [0.2, 0.25) is 10.0 Å². The van der Waals surface area contributed by atoms with Crippen LogP contribution in [-0.2, 0) is 10.0 Å². The van der Waals surface area contributed by atoms with Crippen LogP contribution in [0.3, 0.4) is 0 Å². The van der Waals surface area contributed by atoms with Crippen molar-refractivity contribution >= 4 is 15.8 Å². The number of rotatable bonds is 3. The van der Waals surface area contributed by atoms with Gasteiger partial charge in [-0.25, -0.2) is 17.2 Å². The number of anilines is 1. The van der Waals surface area contributed by atoms with Gasteiger partial charge in [-0.3, -0.25) is 0 Å². The van der Waals surface area contributed by atoms with E-state index < -0.39 is 26.6 Å². The summed E-state index contributed by atoms with van der Waals surface area (Å²) in [5, 5.41) is 7.75. The zero-order chi connectivity index (χ0) is 16.4. The molecule has 6 nitrogen and oxygen atoms in total. The van der Waals surface area contributed by atoms with Crippen molar-refractivity contribution in [3.8, 4) is 0 Å². The Labute approximate surface area is 132 Å². The fourth-order valence-corrected chi connectivity index (χ4v) is 3.93. The van der Waals surface area contributed by atoms with Crippen LogP contribution in [0.15, 0.2) is 41.4 Å². The van der Waals surface area contributed by atoms with Gasteiger partial charge in [0.1, 0.15) is 16.5 Å². The molecule has 0 N–H and O–H groups in total. The number of hydrogen-bond donors (Lipinski definition) is 0. The Morgan fingerprint density at radius 1 is 1.04 bits per heavy atom. The first-order chi connectivity index (χ1) is 11.0. The second kappa shape index (κ2) is 6.17. The van der Waals surface area contributed by atoms with E-state index >= 15 is 0 Å². The molecular formula is C14H14F2N4O2S. The largest absolute Gasteiger partial charge is 0.352 e. The van der Waals surface area contributed by atoms with Gasteiger partial charge in [-0.05, 0) is 30.3 Å². The number of halogens is 2. The van der Waals surface area contributed by atoms with Crippen molar-refractivity contribution in [1.29, 1.82) is 0 Å². The molecule has 1 fully saturated rings. The van der Waals surface area contributed by atoms with Gasteiger partial charge in [-0.2, -0.15) is 9.40 Å². The first kappa shape index (κ1) is 15.8. The molecule has 23 heavy (non-hydrogen) atoms. The Morgan fingerprint density at radius 3 is 2.43 bits per heavy atom. The SMILES string of the molecule is O=S(=O)(c1cc(F)ccc1F)N1CCN(c2cccnn2)CC1. The van der Waals surface area contributed by atoms with Crippen molar-refractivity contribution in [2.45, 2.75) is 4.90 Å². The first-order valence-electron chi connectivity index (χ1n) is 6.96. The summed E-state index contributed by atoms with van der Waals surface area (Å²) in [6, 6.07) is 5.94. The van der Waals surface area contributed by atoms with Crippen molar-refractivity contribution < 1.29 is 17.2 Å². The molecule has 3 rings (SSSR count). The highest BCUT2D eigenvalue weighted by atomic mass is 32.2. The second-order valence-corrected chi connectivity index (χ2v) is 6.95. The molecule has 2 aromatic rings. The predicted octanol–water partition coefficient (Wildman–Crippen LogP) is 1.27.